The molecule has 0 atom stereocenters. The van der Waals surface area contributed by atoms with Crippen molar-refractivity contribution in [2.24, 2.45) is 4.99 Å². The fraction of sp³-hybridized carbons (Fsp3) is 0.125. The minimum absolute atomic E-state index is 0.0712. The molecular formula is C16H12BrN3O5. The van der Waals surface area contributed by atoms with E-state index in [0.717, 1.165) is 9.37 Å². The Morgan fingerprint density at radius 2 is 1.88 bits per heavy atom. The summed E-state index contributed by atoms with van der Waals surface area (Å²) in [6, 6.07) is 6.13. The van der Waals surface area contributed by atoms with Crippen LogP contribution >= 0.6 is 15.9 Å². The van der Waals surface area contributed by atoms with E-state index in [4.69, 9.17) is 4.74 Å². The number of ether oxygens (including phenoxy) is 1. The second-order valence-electron chi connectivity index (χ2n) is 5.19. The molecule has 0 fully saturated rings. The number of rotatable bonds is 3. The third kappa shape index (κ3) is 2.72. The molecule has 3 amide bonds. The zero-order valence-corrected chi connectivity index (χ0v) is 14.8. The first-order valence-corrected chi connectivity index (χ1v) is 7.84. The Balaban J connectivity index is 2.22. The van der Waals surface area contributed by atoms with Gasteiger partial charge in [0.25, 0.3) is 5.91 Å². The van der Waals surface area contributed by atoms with E-state index in [-0.39, 0.29) is 16.8 Å². The van der Waals surface area contributed by atoms with Crippen molar-refractivity contribution in [2.45, 2.75) is 0 Å². The first-order chi connectivity index (χ1) is 11.8. The Morgan fingerprint density at radius 1 is 1.24 bits per heavy atom. The van der Waals surface area contributed by atoms with Gasteiger partial charge in [0.1, 0.15) is 5.71 Å². The number of halogens is 1. The minimum Gasteiger partial charge on any atom is -0.494 e. The molecule has 0 bridgehead atoms. The molecule has 1 aliphatic heterocycles. The molecule has 0 aliphatic carbocycles. The number of urea groups is 1. The Bertz CT molecular complexity index is 930. The van der Waals surface area contributed by atoms with Crippen molar-refractivity contribution in [3.05, 3.63) is 46.1 Å². The predicted octanol–water partition coefficient (Wildman–Crippen LogP) is 2.11. The summed E-state index contributed by atoms with van der Waals surface area (Å²) in [5.41, 5.74) is 0.0275. The van der Waals surface area contributed by atoms with Gasteiger partial charge in [-0.3, -0.25) is 14.3 Å². The van der Waals surface area contributed by atoms with Gasteiger partial charge in [0.2, 0.25) is 5.88 Å². The SMILES string of the molecule is COC(=O)c1cn(-c2ccc(Br)cc2)c(O)c1C1=NC(=O)N(C)C1=O. The Kier molecular flexibility index (Phi) is 4.17. The van der Waals surface area contributed by atoms with Crippen molar-refractivity contribution < 1.29 is 24.2 Å². The molecule has 0 saturated carbocycles. The maximum absolute atomic E-state index is 12.2. The number of amides is 3. The van der Waals surface area contributed by atoms with Gasteiger partial charge in [0.05, 0.1) is 18.2 Å². The van der Waals surface area contributed by atoms with Crippen LogP contribution < -0.4 is 0 Å². The van der Waals surface area contributed by atoms with Gasteiger partial charge in [-0.05, 0) is 24.3 Å². The molecule has 1 N–H and O–H groups in total. The van der Waals surface area contributed by atoms with Gasteiger partial charge in [-0.25, -0.2) is 9.59 Å². The van der Waals surface area contributed by atoms with E-state index >= 15 is 0 Å². The smallest absolute Gasteiger partial charge is 0.351 e. The van der Waals surface area contributed by atoms with E-state index < -0.39 is 23.8 Å². The Hall–Kier alpha value is -2.94. The normalized spacial score (nSPS) is 14.0. The van der Waals surface area contributed by atoms with Gasteiger partial charge in [-0.2, -0.15) is 4.99 Å². The first kappa shape index (κ1) is 16.9. The maximum atomic E-state index is 12.2. The third-order valence-electron chi connectivity index (χ3n) is 3.73. The number of methoxy groups -OCH3 is 1. The fourth-order valence-corrected chi connectivity index (χ4v) is 2.68. The van der Waals surface area contributed by atoms with Crippen LogP contribution in [-0.2, 0) is 9.53 Å². The molecule has 1 aliphatic rings. The van der Waals surface area contributed by atoms with Crippen molar-refractivity contribution in [1.82, 2.24) is 9.47 Å². The summed E-state index contributed by atoms with van der Waals surface area (Å²) in [6.07, 6.45) is 1.33. The number of nitrogens with zero attached hydrogens (tertiary/aromatic N) is 3. The van der Waals surface area contributed by atoms with Crippen molar-refractivity contribution in [2.75, 3.05) is 14.2 Å². The quantitative estimate of drug-likeness (QED) is 0.787. The summed E-state index contributed by atoms with van der Waals surface area (Å²) < 4.78 is 6.86. The lowest BCUT2D eigenvalue weighted by atomic mass is 10.1. The highest BCUT2D eigenvalue weighted by atomic mass is 79.9. The minimum atomic E-state index is -0.772. The Labute approximate surface area is 150 Å². The monoisotopic (exact) mass is 405 g/mol. The lowest BCUT2D eigenvalue weighted by Gasteiger charge is -2.07. The second kappa shape index (κ2) is 6.17. The number of hydrogen-bond acceptors (Lipinski definition) is 5. The van der Waals surface area contributed by atoms with Crippen LogP contribution in [0.5, 0.6) is 5.88 Å². The highest BCUT2D eigenvalue weighted by molar-refractivity contribution is 9.10. The van der Waals surface area contributed by atoms with Gasteiger partial charge in [-0.15, -0.1) is 0 Å². The molecule has 3 rings (SSSR count). The number of hydrogen-bond donors (Lipinski definition) is 1. The lowest BCUT2D eigenvalue weighted by Crippen LogP contribution is -2.29. The number of imide groups is 1. The van der Waals surface area contributed by atoms with Crippen LogP contribution in [0.4, 0.5) is 4.79 Å². The molecular weight excluding hydrogens is 394 g/mol. The number of benzene rings is 1. The van der Waals surface area contributed by atoms with Crippen molar-refractivity contribution in [1.29, 1.82) is 0 Å². The van der Waals surface area contributed by atoms with Crippen LogP contribution in [0.2, 0.25) is 0 Å². The number of likely N-dealkylation sites (N-methyl/N-ethyl adjacent to an activating group) is 1. The van der Waals surface area contributed by atoms with Gasteiger partial charge >= 0.3 is 12.0 Å². The molecule has 8 nitrogen and oxygen atoms in total. The van der Waals surface area contributed by atoms with Crippen LogP contribution in [0, 0.1) is 0 Å². The van der Waals surface area contributed by atoms with E-state index in [1.165, 1.54) is 24.9 Å². The van der Waals surface area contributed by atoms with Crippen LogP contribution in [0.15, 0.2) is 39.9 Å². The molecule has 2 heterocycles. The summed E-state index contributed by atoms with van der Waals surface area (Å²) in [4.78, 5) is 40.4. The van der Waals surface area contributed by atoms with E-state index in [0.29, 0.717) is 5.69 Å². The molecule has 0 saturated heterocycles. The highest BCUT2D eigenvalue weighted by Gasteiger charge is 2.37. The molecule has 9 heteroatoms. The number of aliphatic imine (C=N–C) groups is 1. The molecule has 0 radical (unpaired) electrons. The lowest BCUT2D eigenvalue weighted by molar-refractivity contribution is -0.119. The average Bonchev–Trinajstić information content (AvgIpc) is 3.06. The third-order valence-corrected chi connectivity index (χ3v) is 4.26. The number of aromatic hydroxyl groups is 1. The molecule has 1 aromatic carbocycles. The molecule has 0 spiro atoms. The van der Waals surface area contributed by atoms with Gasteiger partial charge in [0, 0.05) is 23.4 Å². The topological polar surface area (TPSA) is 101 Å². The van der Waals surface area contributed by atoms with Crippen LogP contribution in [-0.4, -0.2) is 52.4 Å². The Morgan fingerprint density at radius 3 is 2.40 bits per heavy atom. The second-order valence-corrected chi connectivity index (χ2v) is 6.10. The first-order valence-electron chi connectivity index (χ1n) is 7.04. The zero-order chi connectivity index (χ0) is 18.3. The van der Waals surface area contributed by atoms with Crippen LogP contribution in [0.1, 0.15) is 15.9 Å². The van der Waals surface area contributed by atoms with Crippen LogP contribution in [0.25, 0.3) is 5.69 Å². The predicted molar refractivity (Wildman–Crippen MR) is 91.2 cm³/mol. The van der Waals surface area contributed by atoms with Crippen molar-refractivity contribution >= 4 is 39.5 Å². The summed E-state index contributed by atoms with van der Waals surface area (Å²) in [5.74, 6) is -1.87. The van der Waals surface area contributed by atoms with E-state index in [9.17, 15) is 19.5 Å². The molecule has 0 unspecified atom stereocenters. The van der Waals surface area contributed by atoms with E-state index in [1.54, 1.807) is 24.3 Å². The number of carbonyl (C=O) groups is 3. The standard InChI is InChI=1S/C16H12BrN3O5/c1-19-14(22)12(18-16(19)24)11-10(15(23)25-2)7-20(13(11)21)9-5-3-8(17)4-6-9/h3-7,21H,1-2H3. The summed E-state index contributed by atoms with van der Waals surface area (Å²) in [7, 11) is 2.44. The maximum Gasteiger partial charge on any atom is 0.351 e. The molecule has 25 heavy (non-hydrogen) atoms. The van der Waals surface area contributed by atoms with Crippen molar-refractivity contribution in [3.63, 3.8) is 0 Å². The average molecular weight is 406 g/mol. The largest absolute Gasteiger partial charge is 0.494 e. The number of carbonyl (C=O) groups excluding carboxylic acids is 3. The zero-order valence-electron chi connectivity index (χ0n) is 13.2. The molecule has 2 aromatic rings. The van der Waals surface area contributed by atoms with E-state index in [1.807, 2.05) is 0 Å². The van der Waals surface area contributed by atoms with Gasteiger partial charge in [-0.1, -0.05) is 15.9 Å². The molecule has 128 valence electrons. The fourth-order valence-electron chi connectivity index (χ4n) is 2.42. The highest BCUT2D eigenvalue weighted by Crippen LogP contribution is 2.31. The summed E-state index contributed by atoms with van der Waals surface area (Å²) in [5, 5.41) is 10.6. The van der Waals surface area contributed by atoms with E-state index in [2.05, 4.69) is 20.9 Å². The van der Waals surface area contributed by atoms with Crippen LogP contribution in [0.3, 0.4) is 0 Å². The van der Waals surface area contributed by atoms with Gasteiger partial charge in [0.15, 0.2) is 0 Å². The number of esters is 1. The molecule has 1 aromatic heterocycles. The van der Waals surface area contributed by atoms with Crippen molar-refractivity contribution in [3.8, 4) is 11.6 Å². The summed E-state index contributed by atoms with van der Waals surface area (Å²) >= 11 is 3.31. The van der Waals surface area contributed by atoms with Gasteiger partial charge < -0.3 is 9.84 Å². The summed E-state index contributed by atoms with van der Waals surface area (Å²) in [6.45, 7) is 0. The number of aromatic nitrogens is 1.